The maximum Gasteiger partial charge on any atom is 0.673 e. The Hall–Kier alpha value is -2.61. The molecule has 0 saturated heterocycles. The lowest BCUT2D eigenvalue weighted by Gasteiger charge is -2.37. The van der Waals surface area contributed by atoms with E-state index in [9.17, 15) is 17.3 Å². The van der Waals surface area contributed by atoms with E-state index in [0.29, 0.717) is 0 Å². The Bertz CT molecular complexity index is 983. The molecule has 2 nitrogen and oxygen atoms in total. The van der Waals surface area contributed by atoms with E-state index in [-0.39, 0.29) is 4.83 Å². The van der Waals surface area contributed by atoms with Crippen molar-refractivity contribution in [1.82, 2.24) is 0 Å². The van der Waals surface area contributed by atoms with Gasteiger partial charge in [-0.15, -0.1) is 0 Å². The van der Waals surface area contributed by atoms with Gasteiger partial charge in [0.15, 0.2) is 5.60 Å². The van der Waals surface area contributed by atoms with Crippen molar-refractivity contribution in [2.24, 2.45) is 0 Å². The van der Waals surface area contributed by atoms with Crippen LogP contribution in [0.1, 0.15) is 30.0 Å². The molecule has 0 saturated carbocycles. The quantitative estimate of drug-likeness (QED) is 0.285. The van der Waals surface area contributed by atoms with Crippen molar-refractivity contribution in [3.63, 3.8) is 0 Å². The third-order valence-corrected chi connectivity index (χ3v) is 5.89. The van der Waals surface area contributed by atoms with Crippen molar-refractivity contribution in [3.8, 4) is 0 Å². The first kappa shape index (κ1) is 23.1. The van der Waals surface area contributed by atoms with Crippen LogP contribution in [0.3, 0.4) is 0 Å². The Morgan fingerprint density at radius 3 is 1.77 bits per heavy atom. The van der Waals surface area contributed by atoms with Gasteiger partial charge in [0.1, 0.15) is 4.83 Å². The summed E-state index contributed by atoms with van der Waals surface area (Å²) < 4.78 is 45.8. The minimum Gasteiger partial charge on any atom is -0.425 e. The third-order valence-electron chi connectivity index (χ3n) is 4.83. The highest BCUT2D eigenvalue weighted by Gasteiger charge is 2.47. The van der Waals surface area contributed by atoms with Crippen molar-refractivity contribution in [2.45, 2.75) is 23.8 Å². The van der Waals surface area contributed by atoms with Crippen molar-refractivity contribution in [3.05, 3.63) is 102 Å². The van der Waals surface area contributed by atoms with Gasteiger partial charge in [-0.1, -0.05) is 95.7 Å². The molecule has 0 spiro atoms. The second-order valence-corrected chi connectivity index (χ2v) is 8.03. The fourth-order valence-corrected chi connectivity index (χ4v) is 3.75. The number of halogens is 5. The largest absolute Gasteiger partial charge is 0.673 e. The van der Waals surface area contributed by atoms with Gasteiger partial charge >= 0.3 is 13.2 Å². The Morgan fingerprint density at radius 2 is 1.29 bits per heavy atom. The van der Waals surface area contributed by atoms with Crippen LogP contribution in [0.5, 0.6) is 0 Å². The third kappa shape index (κ3) is 5.36. The zero-order chi connectivity index (χ0) is 22.5. The van der Waals surface area contributed by atoms with E-state index in [0.717, 1.165) is 34.7 Å². The molecule has 1 unspecified atom stereocenters. The van der Waals surface area contributed by atoms with Crippen molar-refractivity contribution >= 4 is 34.8 Å². The molecule has 1 aliphatic heterocycles. The zero-order valence-corrected chi connectivity index (χ0v) is 18.3. The van der Waals surface area contributed by atoms with E-state index in [4.69, 9.17) is 4.74 Å². The molecule has 0 bridgehead atoms. The fraction of sp³-hybridized carbons (Fsp3) is 0.174. The van der Waals surface area contributed by atoms with Gasteiger partial charge < -0.3 is 22.0 Å². The smallest absolute Gasteiger partial charge is 0.425 e. The van der Waals surface area contributed by atoms with E-state index in [1.165, 1.54) is 0 Å². The number of fused-ring (bicyclic) bond motifs is 1. The molecule has 1 N–H and O–H groups in total. The van der Waals surface area contributed by atoms with Gasteiger partial charge in [-0.25, -0.2) is 0 Å². The Kier molecular flexibility index (Phi) is 7.21. The molecule has 0 aromatic heterocycles. The molecule has 0 amide bonds. The van der Waals surface area contributed by atoms with Gasteiger partial charge in [0.2, 0.25) is 5.69 Å². The van der Waals surface area contributed by atoms with Gasteiger partial charge in [-0.05, 0) is 12.5 Å². The van der Waals surface area contributed by atoms with Crippen LogP contribution in [0.15, 0.2) is 84.9 Å². The van der Waals surface area contributed by atoms with E-state index < -0.39 is 12.9 Å². The van der Waals surface area contributed by atoms with Crippen molar-refractivity contribution in [2.75, 3.05) is 0 Å². The first-order valence-corrected chi connectivity index (χ1v) is 10.7. The van der Waals surface area contributed by atoms with Crippen LogP contribution in [0.2, 0.25) is 0 Å². The molecule has 3 aromatic carbocycles. The molecule has 31 heavy (non-hydrogen) atoms. The number of ether oxygens (including phenoxy) is 1. The number of para-hydroxylation sites is 1. The highest BCUT2D eigenvalue weighted by atomic mass is 79.9. The van der Waals surface area contributed by atoms with Gasteiger partial charge in [-0.3, -0.25) is 0 Å². The van der Waals surface area contributed by atoms with E-state index >= 15 is 0 Å². The number of hydrogen-bond acceptors (Lipinski definition) is 1. The minimum atomic E-state index is -6.00. The minimum absolute atomic E-state index is 0.127. The molecular weight excluding hydrogens is 473 g/mol. The normalized spacial score (nSPS) is 15.5. The van der Waals surface area contributed by atoms with E-state index in [1.807, 2.05) is 12.1 Å². The Labute approximate surface area is 187 Å². The van der Waals surface area contributed by atoms with Gasteiger partial charge in [0, 0.05) is 17.2 Å². The van der Waals surface area contributed by atoms with Crippen molar-refractivity contribution in [1.29, 1.82) is 0 Å². The van der Waals surface area contributed by atoms with E-state index in [2.05, 4.69) is 101 Å². The molecule has 4 rings (SSSR count). The maximum atomic E-state index is 9.75. The number of nitrogens with one attached hydrogen (secondary N) is 1. The molecule has 0 radical (unpaired) electrons. The lowest BCUT2D eigenvalue weighted by molar-refractivity contribution is -0.381. The molecular formula is C23H21BBrF4NO. The average molecular weight is 494 g/mol. The van der Waals surface area contributed by atoms with Crippen LogP contribution in [0.25, 0.3) is 0 Å². The van der Waals surface area contributed by atoms with E-state index in [1.54, 1.807) is 0 Å². The van der Waals surface area contributed by atoms with Crippen LogP contribution in [-0.2, 0) is 10.3 Å². The van der Waals surface area contributed by atoms with Crippen LogP contribution in [0, 0.1) is 0 Å². The van der Waals surface area contributed by atoms with Crippen LogP contribution < -0.4 is 4.99 Å². The molecule has 1 atom stereocenters. The second kappa shape index (κ2) is 9.68. The first-order chi connectivity index (χ1) is 14.8. The lowest BCUT2D eigenvalue weighted by atomic mass is 9.78. The van der Waals surface area contributed by atoms with Crippen molar-refractivity contribution < 1.29 is 27.0 Å². The second-order valence-electron chi connectivity index (χ2n) is 6.92. The summed E-state index contributed by atoms with van der Waals surface area (Å²) in [5.41, 5.74) is 3.76. The highest BCUT2D eigenvalue weighted by molar-refractivity contribution is 9.10. The predicted octanol–water partition coefficient (Wildman–Crippen LogP) is 5.59. The summed E-state index contributed by atoms with van der Waals surface area (Å²) in [5.74, 6) is 0.846. The summed E-state index contributed by atoms with van der Waals surface area (Å²) >= 11 is 3.76. The monoisotopic (exact) mass is 493 g/mol. The summed E-state index contributed by atoms with van der Waals surface area (Å²) in [6.45, 7) is 2.14. The molecule has 3 aromatic rings. The standard InChI is InChI=1S/C23H20BrNO.BF4/c1-2-20(24)22-25-21-16-10-9-15-19(21)23(26-22,17-11-5-3-6-12-17)18-13-7-4-8-14-18;2-1(3,4)5/h3-16,20H,2H2,1H3;/q;-1/p+1. The summed E-state index contributed by atoms with van der Waals surface area (Å²) in [6, 6.07) is 29.3. The average Bonchev–Trinajstić information content (AvgIpc) is 2.78. The highest BCUT2D eigenvalue weighted by Crippen LogP contribution is 2.44. The molecule has 0 aliphatic carbocycles. The molecule has 162 valence electrons. The Balaban J connectivity index is 0.000000491. The topological polar surface area (TPSA) is 23.2 Å². The maximum absolute atomic E-state index is 9.75. The summed E-state index contributed by atoms with van der Waals surface area (Å²) in [6.07, 6.45) is 0.935. The van der Waals surface area contributed by atoms with Crippen LogP contribution >= 0.6 is 15.9 Å². The molecule has 1 heterocycles. The summed E-state index contributed by atoms with van der Waals surface area (Å²) in [7, 11) is -6.00. The summed E-state index contributed by atoms with van der Waals surface area (Å²) in [5, 5.41) is 0. The number of alkyl halides is 1. The molecule has 1 aliphatic rings. The molecule has 8 heteroatoms. The lowest BCUT2D eigenvalue weighted by Crippen LogP contribution is -2.74. The van der Waals surface area contributed by atoms with Gasteiger partial charge in [0.05, 0.1) is 5.56 Å². The summed E-state index contributed by atoms with van der Waals surface area (Å²) in [4.78, 5) is 3.62. The Morgan fingerprint density at radius 1 is 0.839 bits per heavy atom. The predicted molar refractivity (Wildman–Crippen MR) is 119 cm³/mol. The number of hydrogen-bond donors (Lipinski definition) is 1. The number of benzene rings is 3. The van der Waals surface area contributed by atoms with Crippen LogP contribution in [-0.4, -0.2) is 18.0 Å². The SMILES string of the molecule is CCC(Br)C1=[NH+]c2ccccc2C(c2ccccc2)(c2ccccc2)O1.F[B-](F)(F)F. The fourth-order valence-electron chi connectivity index (χ4n) is 3.55. The van der Waals surface area contributed by atoms with Gasteiger partial charge in [0.25, 0.3) is 0 Å². The van der Waals surface area contributed by atoms with Crippen LogP contribution in [0.4, 0.5) is 23.0 Å². The zero-order valence-electron chi connectivity index (χ0n) is 16.7. The number of rotatable bonds is 4. The van der Waals surface area contributed by atoms with Gasteiger partial charge in [-0.2, -0.15) is 4.99 Å². The first-order valence-electron chi connectivity index (χ1n) is 9.80. The molecule has 0 fully saturated rings.